The average Bonchev–Trinajstić information content (AvgIpc) is 3.29. The molecular formula is C23H18N2O3S. The van der Waals surface area contributed by atoms with E-state index in [1.165, 1.54) is 11.3 Å². The van der Waals surface area contributed by atoms with Gasteiger partial charge in [-0.15, -0.1) is 11.3 Å². The minimum atomic E-state index is -0.433. The number of carbonyl (C=O) groups is 2. The number of amides is 1. The van der Waals surface area contributed by atoms with Crippen LogP contribution in [0.15, 0.2) is 78.3 Å². The van der Waals surface area contributed by atoms with Gasteiger partial charge >= 0.3 is 5.97 Å². The Bertz CT molecular complexity index is 1150. The first-order valence-corrected chi connectivity index (χ1v) is 9.99. The highest BCUT2D eigenvalue weighted by molar-refractivity contribution is 7.12. The molecule has 2 aromatic heterocycles. The number of ether oxygens (including phenoxy) is 1. The smallest absolute Gasteiger partial charge is 0.338 e. The topological polar surface area (TPSA) is 68.3 Å². The molecule has 0 spiro atoms. The number of anilines is 1. The highest BCUT2D eigenvalue weighted by Crippen LogP contribution is 2.22. The number of hydrogen-bond donors (Lipinski definition) is 1. The Kier molecular flexibility index (Phi) is 5.35. The lowest BCUT2D eigenvalue weighted by Crippen LogP contribution is -2.11. The van der Waals surface area contributed by atoms with Crippen molar-refractivity contribution in [2.24, 2.45) is 0 Å². The van der Waals surface area contributed by atoms with Gasteiger partial charge in [-0.25, -0.2) is 4.79 Å². The van der Waals surface area contributed by atoms with Gasteiger partial charge in [-0.1, -0.05) is 24.3 Å². The van der Waals surface area contributed by atoms with Gasteiger partial charge in [0.25, 0.3) is 5.91 Å². The fraction of sp³-hybridized carbons (Fsp3) is 0.0870. The molecule has 1 unspecified atom stereocenters. The fourth-order valence-corrected chi connectivity index (χ4v) is 3.52. The first kappa shape index (κ1) is 18.8. The number of nitrogens with one attached hydrogen (secondary N) is 1. The normalized spacial score (nSPS) is 11.8. The average molecular weight is 402 g/mol. The number of hydrogen-bond acceptors (Lipinski definition) is 5. The molecule has 2 aromatic carbocycles. The second-order valence-corrected chi connectivity index (χ2v) is 7.47. The van der Waals surface area contributed by atoms with Crippen LogP contribution in [0, 0.1) is 0 Å². The summed E-state index contributed by atoms with van der Waals surface area (Å²) in [5, 5.41) is 5.65. The fourth-order valence-electron chi connectivity index (χ4n) is 2.90. The van der Waals surface area contributed by atoms with E-state index >= 15 is 0 Å². The lowest BCUT2D eigenvalue weighted by atomic mass is 10.1. The molecule has 4 aromatic rings. The second-order valence-electron chi connectivity index (χ2n) is 6.52. The van der Waals surface area contributed by atoms with Crippen molar-refractivity contribution in [3.05, 3.63) is 94.3 Å². The van der Waals surface area contributed by atoms with Crippen LogP contribution in [-0.4, -0.2) is 16.9 Å². The molecule has 29 heavy (non-hydrogen) atoms. The summed E-state index contributed by atoms with van der Waals surface area (Å²) < 4.78 is 5.59. The maximum Gasteiger partial charge on any atom is 0.338 e. The summed E-state index contributed by atoms with van der Waals surface area (Å²) in [5.74, 6) is -0.602. The zero-order valence-electron chi connectivity index (χ0n) is 15.7. The molecule has 0 saturated carbocycles. The molecular weight excluding hydrogens is 384 g/mol. The Labute approximate surface area is 172 Å². The van der Waals surface area contributed by atoms with Crippen LogP contribution in [0.1, 0.15) is 38.6 Å². The van der Waals surface area contributed by atoms with E-state index in [0.717, 1.165) is 16.5 Å². The number of benzene rings is 2. The Morgan fingerprint density at radius 3 is 2.59 bits per heavy atom. The Morgan fingerprint density at radius 2 is 1.83 bits per heavy atom. The minimum Gasteiger partial charge on any atom is -0.454 e. The Balaban J connectivity index is 1.41. The third-order valence-corrected chi connectivity index (χ3v) is 5.36. The number of thiophene rings is 1. The van der Waals surface area contributed by atoms with Crippen molar-refractivity contribution in [3.8, 4) is 0 Å². The largest absolute Gasteiger partial charge is 0.454 e. The van der Waals surface area contributed by atoms with E-state index in [1.807, 2.05) is 48.7 Å². The van der Waals surface area contributed by atoms with Crippen LogP contribution < -0.4 is 5.32 Å². The van der Waals surface area contributed by atoms with Gasteiger partial charge in [0.05, 0.1) is 16.0 Å². The number of para-hydroxylation sites is 1. The molecule has 0 fully saturated rings. The number of fused-ring (bicyclic) bond motifs is 1. The summed E-state index contributed by atoms with van der Waals surface area (Å²) >= 11 is 1.37. The maximum absolute atomic E-state index is 12.5. The van der Waals surface area contributed by atoms with Crippen LogP contribution in [0.3, 0.4) is 0 Å². The van der Waals surface area contributed by atoms with Crippen LogP contribution in [-0.2, 0) is 4.74 Å². The molecule has 1 N–H and O–H groups in total. The van der Waals surface area contributed by atoms with Gasteiger partial charge in [-0.2, -0.15) is 0 Å². The Hall–Kier alpha value is -3.51. The van der Waals surface area contributed by atoms with Crippen LogP contribution in [0.2, 0.25) is 0 Å². The first-order chi connectivity index (χ1) is 14.1. The van der Waals surface area contributed by atoms with Gasteiger partial charge in [-0.05, 0) is 54.8 Å². The van der Waals surface area contributed by atoms with Gasteiger partial charge in [-0.3, -0.25) is 9.78 Å². The number of pyridine rings is 1. The molecule has 4 rings (SSSR count). The number of aromatic nitrogens is 1. The third kappa shape index (κ3) is 4.33. The second kappa shape index (κ2) is 8.24. The van der Waals surface area contributed by atoms with Crippen molar-refractivity contribution in [1.82, 2.24) is 4.98 Å². The van der Waals surface area contributed by atoms with Gasteiger partial charge < -0.3 is 10.1 Å². The van der Waals surface area contributed by atoms with E-state index in [2.05, 4.69) is 10.3 Å². The van der Waals surface area contributed by atoms with Crippen molar-refractivity contribution < 1.29 is 14.3 Å². The molecule has 0 bridgehead atoms. The molecule has 0 radical (unpaired) electrons. The van der Waals surface area contributed by atoms with Gasteiger partial charge in [0.2, 0.25) is 0 Å². The van der Waals surface area contributed by atoms with Crippen molar-refractivity contribution in [2.45, 2.75) is 13.0 Å². The van der Waals surface area contributed by atoms with E-state index in [4.69, 9.17) is 4.74 Å². The van der Waals surface area contributed by atoms with E-state index in [1.54, 1.807) is 36.5 Å². The summed E-state index contributed by atoms with van der Waals surface area (Å²) in [4.78, 5) is 29.6. The van der Waals surface area contributed by atoms with Gasteiger partial charge in [0.1, 0.15) is 6.10 Å². The molecule has 6 heteroatoms. The van der Waals surface area contributed by atoms with E-state index in [0.29, 0.717) is 16.1 Å². The summed E-state index contributed by atoms with van der Waals surface area (Å²) in [7, 11) is 0. The van der Waals surface area contributed by atoms with Crippen molar-refractivity contribution >= 4 is 39.8 Å². The molecule has 0 saturated heterocycles. The van der Waals surface area contributed by atoms with Crippen LogP contribution in [0.5, 0.6) is 0 Å². The minimum absolute atomic E-state index is 0.173. The van der Waals surface area contributed by atoms with Crippen LogP contribution in [0.4, 0.5) is 5.69 Å². The molecule has 1 amide bonds. The molecule has 0 aliphatic rings. The number of esters is 1. The molecule has 0 aliphatic carbocycles. The zero-order chi connectivity index (χ0) is 20.2. The first-order valence-electron chi connectivity index (χ1n) is 9.11. The van der Waals surface area contributed by atoms with Crippen molar-refractivity contribution in [3.63, 3.8) is 0 Å². The van der Waals surface area contributed by atoms with E-state index in [-0.39, 0.29) is 5.91 Å². The summed E-state index contributed by atoms with van der Waals surface area (Å²) in [6.45, 7) is 1.82. The summed E-state index contributed by atoms with van der Waals surface area (Å²) in [5.41, 5.74) is 2.76. The summed E-state index contributed by atoms with van der Waals surface area (Å²) in [6.07, 6.45) is 1.29. The van der Waals surface area contributed by atoms with Crippen molar-refractivity contribution in [1.29, 1.82) is 0 Å². The molecule has 1 atom stereocenters. The van der Waals surface area contributed by atoms with Crippen LogP contribution >= 0.6 is 11.3 Å². The monoisotopic (exact) mass is 402 g/mol. The van der Waals surface area contributed by atoms with Crippen molar-refractivity contribution in [2.75, 3.05) is 5.32 Å². The standard InChI is InChI=1S/C23H18N2O3S/c1-15(18-13-17-5-2-3-6-20(17)24-14-18)28-23(27)16-8-10-19(11-9-16)25-22(26)21-7-4-12-29-21/h2-15H,1H3,(H,25,26). The van der Waals surface area contributed by atoms with Gasteiger partial charge in [0, 0.05) is 22.8 Å². The predicted molar refractivity (Wildman–Crippen MR) is 114 cm³/mol. The zero-order valence-corrected chi connectivity index (χ0v) is 16.5. The number of rotatable bonds is 5. The molecule has 5 nitrogen and oxygen atoms in total. The van der Waals surface area contributed by atoms with E-state index < -0.39 is 12.1 Å². The third-order valence-electron chi connectivity index (χ3n) is 4.49. The number of carbonyl (C=O) groups excluding carboxylic acids is 2. The van der Waals surface area contributed by atoms with E-state index in [9.17, 15) is 9.59 Å². The Morgan fingerprint density at radius 1 is 1.03 bits per heavy atom. The highest BCUT2D eigenvalue weighted by Gasteiger charge is 2.15. The molecule has 144 valence electrons. The predicted octanol–water partition coefficient (Wildman–Crippen LogP) is 5.47. The maximum atomic E-state index is 12.5. The highest BCUT2D eigenvalue weighted by atomic mass is 32.1. The SMILES string of the molecule is CC(OC(=O)c1ccc(NC(=O)c2cccs2)cc1)c1cnc2ccccc2c1. The molecule has 2 heterocycles. The van der Waals surface area contributed by atoms with Gasteiger partial charge in [0.15, 0.2) is 0 Å². The molecule has 0 aliphatic heterocycles. The van der Waals surface area contributed by atoms with Crippen LogP contribution in [0.25, 0.3) is 10.9 Å². The lowest BCUT2D eigenvalue weighted by molar-refractivity contribution is 0.0337. The quantitative estimate of drug-likeness (QED) is 0.450. The summed E-state index contributed by atoms with van der Waals surface area (Å²) in [6, 6.07) is 20.0. The lowest BCUT2D eigenvalue weighted by Gasteiger charge is -2.14. The number of nitrogens with zero attached hydrogens (tertiary/aromatic N) is 1.